The van der Waals surface area contributed by atoms with Crippen LogP contribution in [0.3, 0.4) is 0 Å². The van der Waals surface area contributed by atoms with E-state index in [9.17, 15) is 9.59 Å². The number of anilines is 2. The number of imide groups is 1. The molecular formula is C15H19N3O3S. The van der Waals surface area contributed by atoms with Gasteiger partial charge in [0.1, 0.15) is 5.60 Å². The molecule has 2 rings (SSSR count). The number of ether oxygens (including phenoxy) is 1. The zero-order chi connectivity index (χ0) is 16.5. The van der Waals surface area contributed by atoms with E-state index in [0.717, 1.165) is 16.2 Å². The van der Waals surface area contributed by atoms with E-state index in [1.807, 2.05) is 6.07 Å². The molecule has 7 heteroatoms. The summed E-state index contributed by atoms with van der Waals surface area (Å²) in [7, 11) is 0. The lowest BCUT2D eigenvalue weighted by Gasteiger charge is -2.30. The van der Waals surface area contributed by atoms with Crippen LogP contribution < -0.4 is 16.0 Å². The smallest absolute Gasteiger partial charge is 0.421 e. The molecule has 0 fully saturated rings. The average molecular weight is 321 g/mol. The third kappa shape index (κ3) is 3.73. The van der Waals surface area contributed by atoms with E-state index in [2.05, 4.69) is 5.32 Å². The number of nitrogens with zero attached hydrogens (tertiary/aromatic N) is 1. The molecule has 0 atom stereocenters. The maximum absolute atomic E-state index is 12.3. The average Bonchev–Trinajstić information content (AvgIpc) is 2.35. The molecule has 0 spiro atoms. The molecule has 118 valence electrons. The highest BCUT2D eigenvalue weighted by Crippen LogP contribution is 2.31. The second-order valence-electron chi connectivity index (χ2n) is 6.04. The normalized spacial score (nSPS) is 14.3. The van der Waals surface area contributed by atoms with Crippen molar-refractivity contribution in [3.8, 4) is 0 Å². The van der Waals surface area contributed by atoms with Gasteiger partial charge in [-0.05, 0) is 63.2 Å². The van der Waals surface area contributed by atoms with Crippen LogP contribution in [0.25, 0.3) is 0 Å². The molecule has 3 N–H and O–H groups in total. The molecule has 1 aliphatic heterocycles. The molecule has 1 aliphatic rings. The quantitative estimate of drug-likeness (QED) is 0.773. The van der Waals surface area contributed by atoms with Crippen molar-refractivity contribution in [1.29, 1.82) is 0 Å². The molecule has 0 aromatic heterocycles. The van der Waals surface area contributed by atoms with Crippen LogP contribution in [-0.2, 0) is 16.0 Å². The van der Waals surface area contributed by atoms with Crippen molar-refractivity contribution in [1.82, 2.24) is 0 Å². The molecule has 0 radical (unpaired) electrons. The first-order valence-corrected chi connectivity index (χ1v) is 7.33. The Morgan fingerprint density at radius 3 is 2.64 bits per heavy atom. The predicted octanol–water partition coefficient (Wildman–Crippen LogP) is 2.56. The standard InChI is InChI=1S/C15H19N3O3S/c1-15(2,3)21-14(20)18-11-6-5-10(17-13(16)22)8-9(11)4-7-12(18)19/h5-6,8H,4,7H2,1-3H3,(H3,16,17,22). The Morgan fingerprint density at radius 1 is 1.36 bits per heavy atom. The summed E-state index contributed by atoms with van der Waals surface area (Å²) in [6, 6.07) is 5.24. The van der Waals surface area contributed by atoms with Crippen molar-refractivity contribution in [2.24, 2.45) is 5.73 Å². The number of carbonyl (C=O) groups excluding carboxylic acids is 2. The van der Waals surface area contributed by atoms with E-state index in [0.29, 0.717) is 12.1 Å². The molecule has 1 aromatic rings. The van der Waals surface area contributed by atoms with Crippen molar-refractivity contribution >= 4 is 40.7 Å². The molecule has 0 bridgehead atoms. The SMILES string of the molecule is CC(C)(C)OC(=O)N1C(=O)CCc2cc(NC(N)=S)ccc21. The number of fused-ring (bicyclic) bond motifs is 1. The van der Waals surface area contributed by atoms with Crippen LogP contribution >= 0.6 is 12.2 Å². The molecular weight excluding hydrogens is 302 g/mol. The van der Waals surface area contributed by atoms with Crippen LogP contribution in [0.15, 0.2) is 18.2 Å². The van der Waals surface area contributed by atoms with Gasteiger partial charge in [0.2, 0.25) is 5.91 Å². The van der Waals surface area contributed by atoms with Gasteiger partial charge in [-0.2, -0.15) is 0 Å². The van der Waals surface area contributed by atoms with E-state index < -0.39 is 11.7 Å². The van der Waals surface area contributed by atoms with Crippen molar-refractivity contribution in [3.63, 3.8) is 0 Å². The number of hydrogen-bond donors (Lipinski definition) is 2. The van der Waals surface area contributed by atoms with Crippen LogP contribution in [0.4, 0.5) is 16.2 Å². The summed E-state index contributed by atoms with van der Waals surface area (Å²) >= 11 is 4.80. The minimum Gasteiger partial charge on any atom is -0.443 e. The highest BCUT2D eigenvalue weighted by atomic mass is 32.1. The monoisotopic (exact) mass is 321 g/mol. The Hall–Kier alpha value is -2.15. The molecule has 1 heterocycles. The van der Waals surface area contributed by atoms with E-state index in [-0.39, 0.29) is 17.4 Å². The van der Waals surface area contributed by atoms with Gasteiger partial charge in [0.25, 0.3) is 0 Å². The van der Waals surface area contributed by atoms with Crippen molar-refractivity contribution in [2.45, 2.75) is 39.2 Å². The zero-order valence-electron chi connectivity index (χ0n) is 12.8. The summed E-state index contributed by atoms with van der Waals surface area (Å²) in [4.78, 5) is 25.5. The van der Waals surface area contributed by atoms with Gasteiger partial charge < -0.3 is 15.8 Å². The summed E-state index contributed by atoms with van der Waals surface area (Å²) in [5, 5.41) is 3.00. The first-order valence-electron chi connectivity index (χ1n) is 6.93. The van der Waals surface area contributed by atoms with E-state index >= 15 is 0 Å². The fourth-order valence-corrected chi connectivity index (χ4v) is 2.34. The summed E-state index contributed by atoms with van der Waals surface area (Å²) < 4.78 is 5.31. The summed E-state index contributed by atoms with van der Waals surface area (Å²) in [6.07, 6.45) is 0.150. The number of carbonyl (C=O) groups is 2. The van der Waals surface area contributed by atoms with Gasteiger partial charge >= 0.3 is 6.09 Å². The Bertz CT molecular complexity index is 637. The van der Waals surface area contributed by atoms with Gasteiger partial charge in [0, 0.05) is 12.1 Å². The lowest BCUT2D eigenvalue weighted by atomic mass is 10.0. The van der Waals surface area contributed by atoms with Crippen molar-refractivity contribution in [2.75, 3.05) is 10.2 Å². The van der Waals surface area contributed by atoms with E-state index in [4.69, 9.17) is 22.7 Å². The summed E-state index contributed by atoms with van der Waals surface area (Å²) in [5.74, 6) is -0.267. The fourth-order valence-electron chi connectivity index (χ4n) is 2.22. The van der Waals surface area contributed by atoms with Gasteiger partial charge in [-0.25, -0.2) is 9.69 Å². The molecule has 22 heavy (non-hydrogen) atoms. The van der Waals surface area contributed by atoms with E-state index in [1.165, 1.54) is 0 Å². The third-order valence-electron chi connectivity index (χ3n) is 3.02. The topological polar surface area (TPSA) is 84.7 Å². The second-order valence-corrected chi connectivity index (χ2v) is 6.48. The van der Waals surface area contributed by atoms with Gasteiger partial charge in [-0.1, -0.05) is 0 Å². The Labute approximate surface area is 134 Å². The highest BCUT2D eigenvalue weighted by Gasteiger charge is 2.33. The number of rotatable bonds is 1. The Morgan fingerprint density at radius 2 is 2.05 bits per heavy atom. The van der Waals surface area contributed by atoms with Crippen LogP contribution in [0.1, 0.15) is 32.8 Å². The number of amides is 2. The molecule has 0 unspecified atom stereocenters. The van der Waals surface area contributed by atoms with Crippen molar-refractivity contribution < 1.29 is 14.3 Å². The maximum atomic E-state index is 12.3. The molecule has 0 saturated carbocycles. The first kappa shape index (κ1) is 16.2. The lowest BCUT2D eigenvalue weighted by Crippen LogP contribution is -2.43. The molecule has 0 saturated heterocycles. The molecule has 0 aliphatic carbocycles. The van der Waals surface area contributed by atoms with Crippen molar-refractivity contribution in [3.05, 3.63) is 23.8 Å². The number of nitrogens with one attached hydrogen (secondary N) is 1. The molecule has 2 amide bonds. The minimum absolute atomic E-state index is 0.163. The van der Waals surface area contributed by atoms with Crippen LogP contribution in [-0.4, -0.2) is 22.7 Å². The lowest BCUT2D eigenvalue weighted by molar-refractivity contribution is -0.118. The zero-order valence-corrected chi connectivity index (χ0v) is 13.6. The number of nitrogens with two attached hydrogens (primary N) is 1. The van der Waals surface area contributed by atoms with Crippen LogP contribution in [0.5, 0.6) is 0 Å². The predicted molar refractivity (Wildman–Crippen MR) is 88.9 cm³/mol. The number of aryl methyl sites for hydroxylation is 1. The fraction of sp³-hybridized carbons (Fsp3) is 0.400. The summed E-state index contributed by atoms with van der Waals surface area (Å²) in [6.45, 7) is 5.28. The number of benzene rings is 1. The van der Waals surface area contributed by atoms with Gasteiger partial charge in [-0.3, -0.25) is 4.79 Å². The van der Waals surface area contributed by atoms with E-state index in [1.54, 1.807) is 32.9 Å². The second kappa shape index (κ2) is 5.92. The minimum atomic E-state index is -0.664. The van der Waals surface area contributed by atoms with Gasteiger partial charge in [0.05, 0.1) is 5.69 Å². The Balaban J connectivity index is 2.33. The van der Waals surface area contributed by atoms with Gasteiger partial charge in [0.15, 0.2) is 5.11 Å². The highest BCUT2D eigenvalue weighted by molar-refractivity contribution is 7.80. The summed E-state index contributed by atoms with van der Waals surface area (Å²) in [5.41, 5.74) is 6.92. The van der Waals surface area contributed by atoms with Crippen LogP contribution in [0, 0.1) is 0 Å². The number of hydrogen-bond acceptors (Lipinski definition) is 4. The maximum Gasteiger partial charge on any atom is 0.421 e. The largest absolute Gasteiger partial charge is 0.443 e. The Kier molecular flexibility index (Phi) is 4.37. The third-order valence-corrected chi connectivity index (χ3v) is 3.12. The number of thiocarbonyl (C=S) groups is 1. The molecule has 6 nitrogen and oxygen atoms in total. The first-order chi connectivity index (χ1) is 10.2. The van der Waals surface area contributed by atoms with Gasteiger partial charge in [-0.15, -0.1) is 0 Å². The van der Waals surface area contributed by atoms with Crippen LogP contribution in [0.2, 0.25) is 0 Å². The molecule has 1 aromatic carbocycles.